The van der Waals surface area contributed by atoms with Gasteiger partial charge in [-0.3, -0.25) is 0 Å². The van der Waals surface area contributed by atoms with Crippen molar-refractivity contribution >= 4 is 0 Å². The summed E-state index contributed by atoms with van der Waals surface area (Å²) in [5.74, 6) is 0. The fourth-order valence-electron chi connectivity index (χ4n) is 3.55. The van der Waals surface area contributed by atoms with E-state index in [1.807, 2.05) is 6.26 Å². The first-order chi connectivity index (χ1) is 9.74. The molecule has 20 heavy (non-hydrogen) atoms. The molecule has 0 spiro atoms. The Morgan fingerprint density at radius 2 is 2.10 bits per heavy atom. The third kappa shape index (κ3) is 4.64. The highest BCUT2D eigenvalue weighted by Crippen LogP contribution is 2.36. The van der Waals surface area contributed by atoms with E-state index >= 15 is 0 Å². The van der Waals surface area contributed by atoms with Crippen LogP contribution in [-0.4, -0.2) is 31.6 Å². The summed E-state index contributed by atoms with van der Waals surface area (Å²) in [5.41, 5.74) is 1.76. The summed E-state index contributed by atoms with van der Waals surface area (Å²) in [5, 5.41) is 3.66. The number of nitrogens with one attached hydrogen (secondary N) is 1. The van der Waals surface area contributed by atoms with Crippen molar-refractivity contribution in [3.8, 4) is 0 Å². The van der Waals surface area contributed by atoms with Crippen molar-refractivity contribution in [2.75, 3.05) is 26.7 Å². The van der Waals surface area contributed by atoms with E-state index in [-0.39, 0.29) is 0 Å². The molecule has 0 unspecified atom stereocenters. The Kier molecular flexibility index (Phi) is 6.11. The summed E-state index contributed by atoms with van der Waals surface area (Å²) < 4.78 is 5.17. The van der Waals surface area contributed by atoms with Crippen molar-refractivity contribution < 1.29 is 4.42 Å². The van der Waals surface area contributed by atoms with Crippen LogP contribution in [-0.2, 0) is 6.54 Å². The topological polar surface area (TPSA) is 28.4 Å². The summed E-state index contributed by atoms with van der Waals surface area (Å²) in [6, 6.07) is 2.07. The van der Waals surface area contributed by atoms with E-state index in [2.05, 4.69) is 30.3 Å². The van der Waals surface area contributed by atoms with Gasteiger partial charge in [-0.15, -0.1) is 0 Å². The van der Waals surface area contributed by atoms with E-state index in [1.165, 1.54) is 57.2 Å². The van der Waals surface area contributed by atoms with Crippen LogP contribution in [0.5, 0.6) is 0 Å². The molecule has 0 bridgehead atoms. The second-order valence-electron chi connectivity index (χ2n) is 6.54. The van der Waals surface area contributed by atoms with E-state index in [4.69, 9.17) is 4.42 Å². The predicted octanol–water partition coefficient (Wildman–Crippen LogP) is 3.66. The van der Waals surface area contributed by atoms with Crippen molar-refractivity contribution in [3.05, 3.63) is 24.2 Å². The van der Waals surface area contributed by atoms with Gasteiger partial charge < -0.3 is 14.6 Å². The fraction of sp³-hybridized carbons (Fsp3) is 0.765. The van der Waals surface area contributed by atoms with Gasteiger partial charge in [-0.25, -0.2) is 0 Å². The maximum absolute atomic E-state index is 5.17. The molecule has 1 aliphatic rings. The lowest BCUT2D eigenvalue weighted by Crippen LogP contribution is -2.44. The molecule has 1 aromatic rings. The van der Waals surface area contributed by atoms with Crippen molar-refractivity contribution in [2.45, 2.75) is 52.0 Å². The van der Waals surface area contributed by atoms with Gasteiger partial charge in [0.25, 0.3) is 0 Å². The Bertz CT molecular complexity index is 355. The first-order valence-corrected chi connectivity index (χ1v) is 8.14. The number of hydrogen-bond acceptors (Lipinski definition) is 3. The molecule has 1 aliphatic carbocycles. The molecule has 114 valence electrons. The zero-order chi connectivity index (χ0) is 14.3. The van der Waals surface area contributed by atoms with E-state index < -0.39 is 0 Å². The Morgan fingerprint density at radius 1 is 1.30 bits per heavy atom. The molecule has 3 nitrogen and oxygen atoms in total. The van der Waals surface area contributed by atoms with Crippen LogP contribution in [0.1, 0.15) is 51.0 Å². The molecule has 1 fully saturated rings. The highest BCUT2D eigenvalue weighted by atomic mass is 16.3. The lowest BCUT2D eigenvalue weighted by Gasteiger charge is -2.40. The van der Waals surface area contributed by atoms with Crippen molar-refractivity contribution in [1.82, 2.24) is 10.2 Å². The molecule has 0 aliphatic heterocycles. The normalized spacial score (nSPS) is 18.6. The summed E-state index contributed by atoms with van der Waals surface area (Å²) in [6.07, 6.45) is 11.8. The average Bonchev–Trinajstić information content (AvgIpc) is 2.92. The van der Waals surface area contributed by atoms with Gasteiger partial charge in [0.2, 0.25) is 0 Å². The molecule has 3 heteroatoms. The summed E-state index contributed by atoms with van der Waals surface area (Å²) in [7, 11) is 2.24. The minimum absolute atomic E-state index is 0.478. The first kappa shape index (κ1) is 15.6. The quantitative estimate of drug-likeness (QED) is 0.736. The summed E-state index contributed by atoms with van der Waals surface area (Å²) in [6.45, 7) is 6.75. The van der Waals surface area contributed by atoms with Crippen molar-refractivity contribution in [1.29, 1.82) is 0 Å². The molecule has 0 aromatic carbocycles. The average molecular weight is 278 g/mol. The van der Waals surface area contributed by atoms with Gasteiger partial charge >= 0.3 is 0 Å². The molecule has 0 saturated heterocycles. The molecule has 1 saturated carbocycles. The van der Waals surface area contributed by atoms with E-state index in [1.54, 1.807) is 6.26 Å². The van der Waals surface area contributed by atoms with Crippen molar-refractivity contribution in [2.24, 2.45) is 5.41 Å². The zero-order valence-electron chi connectivity index (χ0n) is 13.2. The second kappa shape index (κ2) is 7.84. The monoisotopic (exact) mass is 278 g/mol. The minimum Gasteiger partial charge on any atom is -0.472 e. The van der Waals surface area contributed by atoms with Crippen LogP contribution in [0.4, 0.5) is 0 Å². The first-order valence-electron chi connectivity index (χ1n) is 8.14. The van der Waals surface area contributed by atoms with E-state index in [0.29, 0.717) is 5.41 Å². The van der Waals surface area contributed by atoms with Crippen LogP contribution in [0.3, 0.4) is 0 Å². The Hall–Kier alpha value is -0.800. The molecule has 0 amide bonds. The predicted molar refractivity (Wildman–Crippen MR) is 83.7 cm³/mol. The van der Waals surface area contributed by atoms with Crippen molar-refractivity contribution in [3.63, 3.8) is 0 Å². The lowest BCUT2D eigenvalue weighted by atomic mass is 9.73. The second-order valence-corrected chi connectivity index (χ2v) is 6.54. The van der Waals surface area contributed by atoms with Gasteiger partial charge in [0.15, 0.2) is 0 Å². The molecule has 1 heterocycles. The SMILES string of the molecule is CCCNCC1(CN(C)Cc2ccoc2)CCCCC1. The van der Waals surface area contributed by atoms with Crippen LogP contribution in [0.15, 0.2) is 23.0 Å². The third-order valence-electron chi connectivity index (χ3n) is 4.48. The van der Waals surface area contributed by atoms with Crippen LogP contribution >= 0.6 is 0 Å². The van der Waals surface area contributed by atoms with Gasteiger partial charge in [0.05, 0.1) is 12.5 Å². The van der Waals surface area contributed by atoms with Crippen LogP contribution in [0, 0.1) is 5.41 Å². The fourth-order valence-corrected chi connectivity index (χ4v) is 3.55. The summed E-state index contributed by atoms with van der Waals surface area (Å²) in [4.78, 5) is 2.46. The lowest BCUT2D eigenvalue weighted by molar-refractivity contribution is 0.114. The maximum atomic E-state index is 5.17. The van der Waals surface area contributed by atoms with Crippen LogP contribution < -0.4 is 5.32 Å². The maximum Gasteiger partial charge on any atom is 0.0947 e. The summed E-state index contributed by atoms with van der Waals surface area (Å²) >= 11 is 0. The number of rotatable bonds is 8. The highest BCUT2D eigenvalue weighted by molar-refractivity contribution is 5.05. The largest absolute Gasteiger partial charge is 0.472 e. The number of hydrogen-bond donors (Lipinski definition) is 1. The molecular formula is C17H30N2O. The molecule has 1 N–H and O–H groups in total. The molecule has 2 rings (SSSR count). The van der Waals surface area contributed by atoms with Gasteiger partial charge in [0.1, 0.15) is 0 Å². The standard InChI is InChI=1S/C17H30N2O/c1-3-10-18-14-17(8-5-4-6-9-17)15-19(2)12-16-7-11-20-13-16/h7,11,13,18H,3-6,8-10,12,14-15H2,1-2H3. The third-order valence-corrected chi connectivity index (χ3v) is 4.48. The van der Waals surface area contributed by atoms with Crippen LogP contribution in [0.25, 0.3) is 0 Å². The Morgan fingerprint density at radius 3 is 2.75 bits per heavy atom. The van der Waals surface area contributed by atoms with Gasteiger partial charge in [-0.2, -0.15) is 0 Å². The van der Waals surface area contributed by atoms with Crippen LogP contribution in [0.2, 0.25) is 0 Å². The molecule has 0 atom stereocenters. The zero-order valence-corrected chi connectivity index (χ0v) is 13.2. The molecule has 1 aromatic heterocycles. The number of nitrogens with zero attached hydrogens (tertiary/aromatic N) is 1. The van der Waals surface area contributed by atoms with E-state index in [0.717, 1.165) is 13.1 Å². The highest BCUT2D eigenvalue weighted by Gasteiger charge is 2.32. The smallest absolute Gasteiger partial charge is 0.0947 e. The van der Waals surface area contributed by atoms with E-state index in [9.17, 15) is 0 Å². The molecular weight excluding hydrogens is 248 g/mol. The molecule has 0 radical (unpaired) electrons. The minimum atomic E-state index is 0.478. The Labute approximate surface area is 123 Å². The number of furan rings is 1. The van der Waals surface area contributed by atoms with Gasteiger partial charge in [-0.05, 0) is 44.3 Å². The Balaban J connectivity index is 1.88. The van der Waals surface area contributed by atoms with Gasteiger partial charge in [0, 0.05) is 25.2 Å². The van der Waals surface area contributed by atoms with Gasteiger partial charge in [-0.1, -0.05) is 26.2 Å².